The second-order valence-corrected chi connectivity index (χ2v) is 7.32. The maximum absolute atomic E-state index is 5.52. The average molecular weight is 357 g/mol. The van der Waals surface area contributed by atoms with Crippen molar-refractivity contribution in [3.05, 3.63) is 60.2 Å². The first-order valence-corrected chi connectivity index (χ1v) is 9.17. The lowest BCUT2D eigenvalue weighted by atomic mass is 9.79. The Morgan fingerprint density at radius 3 is 2.52 bits per heavy atom. The Bertz CT molecular complexity index is 685. The number of rotatable bonds is 7. The fourth-order valence-corrected chi connectivity index (χ4v) is 3.36. The minimum absolute atomic E-state index is 0.0815. The lowest BCUT2D eigenvalue weighted by Crippen LogP contribution is -2.39. The van der Waals surface area contributed by atoms with E-state index in [0.717, 1.165) is 17.9 Å². The molecule has 4 heteroatoms. The molecule has 0 bridgehead atoms. The lowest BCUT2D eigenvalue weighted by Gasteiger charge is -2.29. The van der Waals surface area contributed by atoms with Crippen LogP contribution in [0, 0.1) is 0 Å². The Morgan fingerprint density at radius 1 is 1.12 bits per heavy atom. The second kappa shape index (κ2) is 8.86. The average Bonchev–Trinajstić information content (AvgIpc) is 2.55. The second-order valence-electron chi connectivity index (χ2n) is 6.91. The summed E-state index contributed by atoms with van der Waals surface area (Å²) in [5, 5.41) is 7.25. The Morgan fingerprint density at radius 2 is 1.84 bits per heavy atom. The zero-order valence-corrected chi connectivity index (χ0v) is 16.3. The normalized spacial score (nSPS) is 12.3. The van der Waals surface area contributed by atoms with Gasteiger partial charge in [-0.25, -0.2) is 0 Å². The minimum atomic E-state index is 0.0815. The van der Waals surface area contributed by atoms with Crippen molar-refractivity contribution >= 4 is 23.0 Å². The van der Waals surface area contributed by atoms with Gasteiger partial charge in [-0.15, -0.1) is 0 Å². The van der Waals surface area contributed by atoms with Gasteiger partial charge in [0.15, 0.2) is 5.11 Å². The van der Waals surface area contributed by atoms with Crippen molar-refractivity contribution in [1.82, 2.24) is 5.32 Å². The standard InChI is InChI=1S/C21H28N2OS/c1-5-24-19-13-9-12-18(14-19)23-20(25)22-16(2)15-21(3,4)17-10-7-6-8-11-17/h6-14,16H,5,15H2,1-4H3,(H2,22,23,25). The quantitative estimate of drug-likeness (QED) is 0.674. The van der Waals surface area contributed by atoms with Gasteiger partial charge in [-0.1, -0.05) is 50.2 Å². The van der Waals surface area contributed by atoms with Gasteiger partial charge in [0.1, 0.15) is 5.75 Å². The summed E-state index contributed by atoms with van der Waals surface area (Å²) in [6.45, 7) is 9.32. The number of thiocarbonyl (C=S) groups is 1. The molecule has 0 fully saturated rings. The van der Waals surface area contributed by atoms with Crippen molar-refractivity contribution in [2.24, 2.45) is 0 Å². The van der Waals surface area contributed by atoms with E-state index in [0.29, 0.717) is 11.7 Å². The first-order chi connectivity index (χ1) is 11.9. The Balaban J connectivity index is 1.90. The van der Waals surface area contributed by atoms with Crippen LogP contribution in [0.15, 0.2) is 54.6 Å². The molecule has 1 atom stereocenters. The van der Waals surface area contributed by atoms with Crippen LogP contribution in [0.4, 0.5) is 5.69 Å². The maximum Gasteiger partial charge on any atom is 0.170 e. The van der Waals surface area contributed by atoms with Gasteiger partial charge in [-0.2, -0.15) is 0 Å². The van der Waals surface area contributed by atoms with Crippen LogP contribution in [0.3, 0.4) is 0 Å². The predicted octanol–water partition coefficient (Wildman–Crippen LogP) is 5.13. The summed E-state index contributed by atoms with van der Waals surface area (Å²) in [5.74, 6) is 0.841. The molecule has 0 amide bonds. The summed E-state index contributed by atoms with van der Waals surface area (Å²) in [6, 6.07) is 18.7. The maximum atomic E-state index is 5.52. The van der Waals surface area contributed by atoms with Crippen LogP contribution in [0.2, 0.25) is 0 Å². The Labute approximate surface area is 156 Å². The highest BCUT2D eigenvalue weighted by molar-refractivity contribution is 7.80. The van der Waals surface area contributed by atoms with Crippen LogP contribution in [0.25, 0.3) is 0 Å². The molecule has 2 aromatic carbocycles. The van der Waals surface area contributed by atoms with Gasteiger partial charge in [0.25, 0.3) is 0 Å². The van der Waals surface area contributed by atoms with Gasteiger partial charge in [0.2, 0.25) is 0 Å². The van der Waals surface area contributed by atoms with Gasteiger partial charge in [0, 0.05) is 17.8 Å². The highest BCUT2D eigenvalue weighted by Gasteiger charge is 2.23. The van der Waals surface area contributed by atoms with E-state index >= 15 is 0 Å². The Hall–Kier alpha value is -2.07. The van der Waals surface area contributed by atoms with Crippen molar-refractivity contribution in [2.45, 2.75) is 45.6 Å². The molecule has 134 valence electrons. The van der Waals surface area contributed by atoms with Gasteiger partial charge < -0.3 is 15.4 Å². The fourth-order valence-electron chi connectivity index (χ4n) is 3.04. The van der Waals surface area contributed by atoms with Gasteiger partial charge in [0.05, 0.1) is 6.61 Å². The largest absolute Gasteiger partial charge is 0.494 e. The summed E-state index contributed by atoms with van der Waals surface area (Å²) in [4.78, 5) is 0. The third-order valence-electron chi connectivity index (χ3n) is 4.15. The number of benzene rings is 2. The van der Waals surface area contributed by atoms with Gasteiger partial charge in [-0.3, -0.25) is 0 Å². The minimum Gasteiger partial charge on any atom is -0.494 e. The molecule has 1 unspecified atom stereocenters. The molecule has 0 spiro atoms. The van der Waals surface area contributed by atoms with E-state index in [2.05, 4.69) is 61.7 Å². The molecule has 3 nitrogen and oxygen atoms in total. The summed E-state index contributed by atoms with van der Waals surface area (Å²) in [6.07, 6.45) is 0.984. The molecule has 0 radical (unpaired) electrons. The number of hydrogen-bond donors (Lipinski definition) is 2. The van der Waals surface area contributed by atoms with Crippen LogP contribution in [-0.4, -0.2) is 17.8 Å². The molecule has 0 aliphatic heterocycles. The summed E-state index contributed by atoms with van der Waals surface area (Å²) in [7, 11) is 0. The van der Waals surface area contributed by atoms with Gasteiger partial charge >= 0.3 is 0 Å². The van der Waals surface area contributed by atoms with Crippen molar-refractivity contribution in [2.75, 3.05) is 11.9 Å². The summed E-state index contributed by atoms with van der Waals surface area (Å²) < 4.78 is 5.52. The zero-order chi connectivity index (χ0) is 18.3. The van der Waals surface area contributed by atoms with Crippen LogP contribution in [-0.2, 0) is 5.41 Å². The van der Waals surface area contributed by atoms with E-state index in [1.807, 2.05) is 31.2 Å². The SMILES string of the molecule is CCOc1cccc(NC(=S)NC(C)CC(C)(C)c2ccccc2)c1. The van der Waals surface area contributed by atoms with Crippen LogP contribution >= 0.6 is 12.2 Å². The van der Waals surface area contributed by atoms with E-state index in [1.54, 1.807) is 0 Å². The molecule has 0 saturated carbocycles. The topological polar surface area (TPSA) is 33.3 Å². The molecule has 0 aliphatic rings. The molecule has 0 aliphatic carbocycles. The van der Waals surface area contributed by atoms with Crippen molar-refractivity contribution in [1.29, 1.82) is 0 Å². The van der Waals surface area contributed by atoms with Crippen molar-refractivity contribution in [3.8, 4) is 5.75 Å². The molecule has 2 aromatic rings. The molecule has 0 aromatic heterocycles. The molecular weight excluding hydrogens is 328 g/mol. The molecule has 2 N–H and O–H groups in total. The molecule has 2 rings (SSSR count). The monoisotopic (exact) mass is 356 g/mol. The lowest BCUT2D eigenvalue weighted by molar-refractivity contribution is 0.340. The fraction of sp³-hybridized carbons (Fsp3) is 0.381. The summed E-state index contributed by atoms with van der Waals surface area (Å²) >= 11 is 5.46. The smallest absolute Gasteiger partial charge is 0.170 e. The van der Waals surface area contributed by atoms with E-state index in [-0.39, 0.29) is 11.5 Å². The molecular formula is C21H28N2OS. The van der Waals surface area contributed by atoms with E-state index in [1.165, 1.54) is 5.56 Å². The molecule has 0 heterocycles. The zero-order valence-electron chi connectivity index (χ0n) is 15.5. The third-order valence-corrected chi connectivity index (χ3v) is 4.37. The van der Waals surface area contributed by atoms with Gasteiger partial charge in [-0.05, 0) is 55.6 Å². The number of ether oxygens (including phenoxy) is 1. The van der Waals surface area contributed by atoms with Crippen LogP contribution < -0.4 is 15.4 Å². The first kappa shape index (κ1) is 19.3. The summed E-state index contributed by atoms with van der Waals surface area (Å²) in [5.41, 5.74) is 2.35. The van der Waals surface area contributed by atoms with Crippen molar-refractivity contribution < 1.29 is 4.74 Å². The number of hydrogen-bond acceptors (Lipinski definition) is 2. The molecule has 25 heavy (non-hydrogen) atoms. The van der Waals surface area contributed by atoms with Crippen LogP contribution in [0.5, 0.6) is 5.75 Å². The third kappa shape index (κ3) is 6.05. The highest BCUT2D eigenvalue weighted by atomic mass is 32.1. The van der Waals surface area contributed by atoms with E-state index in [4.69, 9.17) is 17.0 Å². The number of anilines is 1. The number of nitrogens with one attached hydrogen (secondary N) is 2. The van der Waals surface area contributed by atoms with Crippen LogP contribution in [0.1, 0.15) is 39.7 Å². The first-order valence-electron chi connectivity index (χ1n) is 8.76. The van der Waals surface area contributed by atoms with Crippen molar-refractivity contribution in [3.63, 3.8) is 0 Å². The molecule has 0 saturated heterocycles. The Kier molecular flexibility index (Phi) is 6.82. The predicted molar refractivity (Wildman–Crippen MR) is 111 cm³/mol. The van der Waals surface area contributed by atoms with E-state index < -0.39 is 0 Å². The van der Waals surface area contributed by atoms with E-state index in [9.17, 15) is 0 Å². The highest BCUT2D eigenvalue weighted by Crippen LogP contribution is 2.28.